The molecule has 148 valence electrons. The second-order valence-electron chi connectivity index (χ2n) is 6.33. The number of hydrogen-bond acceptors (Lipinski definition) is 5. The maximum Gasteiger partial charge on any atom is 0.255 e. The molecule has 3 rings (SSSR count). The van der Waals surface area contributed by atoms with Crippen LogP contribution in [0, 0.1) is 0 Å². The van der Waals surface area contributed by atoms with Crippen molar-refractivity contribution in [2.45, 2.75) is 12.8 Å². The van der Waals surface area contributed by atoms with E-state index in [1.807, 2.05) is 0 Å². The predicted octanol–water partition coefficient (Wildman–Crippen LogP) is 1.73. The molecule has 1 aliphatic heterocycles. The van der Waals surface area contributed by atoms with Crippen LogP contribution in [-0.2, 0) is 14.8 Å². The Morgan fingerprint density at radius 2 is 1.75 bits per heavy atom. The van der Waals surface area contributed by atoms with Gasteiger partial charge in [-0.3, -0.25) is 13.9 Å². The number of carbonyl (C=O) groups is 2. The van der Waals surface area contributed by atoms with Crippen molar-refractivity contribution in [1.82, 2.24) is 0 Å². The molecule has 2 amide bonds. The number of carbonyl (C=O) groups excluding carboxylic acids is 2. The summed E-state index contributed by atoms with van der Waals surface area (Å²) >= 11 is 0. The van der Waals surface area contributed by atoms with Gasteiger partial charge in [-0.1, -0.05) is 0 Å². The summed E-state index contributed by atoms with van der Waals surface area (Å²) < 4.78 is 30.7. The Hall–Kier alpha value is -3.07. The van der Waals surface area contributed by atoms with Gasteiger partial charge >= 0.3 is 0 Å². The molecular weight excluding hydrogens is 382 g/mol. The third kappa shape index (κ3) is 4.80. The highest BCUT2D eigenvalue weighted by molar-refractivity contribution is 7.93. The fourth-order valence-corrected chi connectivity index (χ4v) is 4.38. The molecule has 0 aliphatic carbocycles. The Morgan fingerprint density at radius 3 is 2.32 bits per heavy atom. The maximum absolute atomic E-state index is 12.4. The lowest BCUT2D eigenvalue weighted by atomic mass is 10.2. The Kier molecular flexibility index (Phi) is 5.84. The van der Waals surface area contributed by atoms with Gasteiger partial charge in [-0.05, 0) is 55.0 Å². The van der Waals surface area contributed by atoms with Gasteiger partial charge in [-0.15, -0.1) is 0 Å². The van der Waals surface area contributed by atoms with Crippen molar-refractivity contribution in [3.8, 4) is 5.75 Å². The molecule has 0 atom stereocenters. The van der Waals surface area contributed by atoms with Crippen molar-refractivity contribution in [3.05, 3.63) is 54.1 Å². The number of rotatable bonds is 7. The van der Waals surface area contributed by atoms with E-state index in [-0.39, 0.29) is 24.7 Å². The minimum atomic E-state index is -3.24. The van der Waals surface area contributed by atoms with Crippen LogP contribution in [0.1, 0.15) is 23.2 Å². The molecule has 1 saturated heterocycles. The van der Waals surface area contributed by atoms with Crippen LogP contribution in [0.2, 0.25) is 0 Å². The van der Waals surface area contributed by atoms with Crippen molar-refractivity contribution >= 4 is 33.2 Å². The van der Waals surface area contributed by atoms with E-state index < -0.39 is 15.9 Å². The quantitative estimate of drug-likeness (QED) is 0.730. The Morgan fingerprint density at radius 1 is 1.07 bits per heavy atom. The molecule has 0 spiro atoms. The molecule has 0 bridgehead atoms. The fourth-order valence-electron chi connectivity index (χ4n) is 2.82. The Bertz CT molecular complexity index is 956. The zero-order chi connectivity index (χ0) is 20.1. The highest BCUT2D eigenvalue weighted by atomic mass is 32.2. The molecule has 3 N–H and O–H groups in total. The second kappa shape index (κ2) is 8.30. The van der Waals surface area contributed by atoms with E-state index in [2.05, 4.69) is 5.32 Å². The number of ether oxygens (including phenoxy) is 1. The number of hydrogen-bond donors (Lipinski definition) is 2. The van der Waals surface area contributed by atoms with Crippen LogP contribution >= 0.6 is 0 Å². The number of nitrogens with two attached hydrogens (primary N) is 1. The molecule has 0 unspecified atom stereocenters. The van der Waals surface area contributed by atoms with Crippen LogP contribution in [0.3, 0.4) is 0 Å². The maximum atomic E-state index is 12.4. The van der Waals surface area contributed by atoms with Gasteiger partial charge < -0.3 is 15.8 Å². The highest BCUT2D eigenvalue weighted by Gasteiger charge is 2.28. The molecule has 0 radical (unpaired) electrons. The number of nitrogens with zero attached hydrogens (tertiary/aromatic N) is 1. The van der Waals surface area contributed by atoms with E-state index in [4.69, 9.17) is 10.5 Å². The fraction of sp³-hybridized carbons (Fsp3) is 0.263. The monoisotopic (exact) mass is 403 g/mol. The van der Waals surface area contributed by atoms with E-state index in [0.29, 0.717) is 35.7 Å². The zero-order valence-corrected chi connectivity index (χ0v) is 15.9. The van der Waals surface area contributed by atoms with Crippen LogP contribution < -0.4 is 20.1 Å². The van der Waals surface area contributed by atoms with Crippen LogP contribution in [-0.4, -0.2) is 39.1 Å². The molecule has 0 saturated carbocycles. The minimum Gasteiger partial charge on any atom is -0.493 e. The lowest BCUT2D eigenvalue weighted by molar-refractivity contribution is -0.118. The van der Waals surface area contributed by atoms with Crippen molar-refractivity contribution < 1.29 is 22.7 Å². The summed E-state index contributed by atoms with van der Waals surface area (Å²) in [5, 5.41) is 2.76. The zero-order valence-electron chi connectivity index (χ0n) is 15.1. The predicted molar refractivity (Wildman–Crippen MR) is 106 cm³/mol. The van der Waals surface area contributed by atoms with E-state index in [0.717, 1.165) is 0 Å². The molecule has 8 nitrogen and oxygen atoms in total. The molecule has 2 aromatic rings. The molecule has 0 aromatic heterocycles. The van der Waals surface area contributed by atoms with Gasteiger partial charge in [0, 0.05) is 17.8 Å². The van der Waals surface area contributed by atoms with E-state index >= 15 is 0 Å². The number of nitrogens with one attached hydrogen (secondary N) is 1. The molecule has 2 aromatic carbocycles. The van der Waals surface area contributed by atoms with Gasteiger partial charge in [0.05, 0.1) is 24.5 Å². The molecule has 1 heterocycles. The minimum absolute atomic E-state index is 0.132. The molecule has 1 aliphatic rings. The summed E-state index contributed by atoms with van der Waals surface area (Å²) in [5.74, 6) is -0.0248. The van der Waals surface area contributed by atoms with E-state index in [9.17, 15) is 18.0 Å². The number of amides is 2. The smallest absolute Gasteiger partial charge is 0.255 e. The second-order valence-corrected chi connectivity index (χ2v) is 8.34. The molecular formula is C19H21N3O5S. The van der Waals surface area contributed by atoms with Crippen molar-refractivity contribution in [1.29, 1.82) is 0 Å². The summed E-state index contributed by atoms with van der Waals surface area (Å²) in [7, 11) is -3.24. The van der Waals surface area contributed by atoms with Crippen molar-refractivity contribution in [2.24, 2.45) is 5.73 Å². The van der Waals surface area contributed by atoms with E-state index in [1.54, 1.807) is 48.5 Å². The first-order chi connectivity index (χ1) is 13.3. The average Bonchev–Trinajstić information content (AvgIpc) is 3.02. The third-order valence-corrected chi connectivity index (χ3v) is 6.12. The number of sulfonamides is 1. The summed E-state index contributed by atoms with van der Waals surface area (Å²) in [6.07, 6.45) is 0.736. The standard InChI is InChI=1S/C19H21N3O5S/c20-18(23)10-12-27-17-8-4-15(5-9-17)21-19(24)14-2-6-16(7-3-14)22-11-1-13-28(22,25)26/h2-9H,1,10-13H2,(H2,20,23)(H,21,24). The summed E-state index contributed by atoms with van der Waals surface area (Å²) in [4.78, 5) is 23.1. The van der Waals surface area contributed by atoms with Crippen molar-refractivity contribution in [3.63, 3.8) is 0 Å². The van der Waals surface area contributed by atoms with Gasteiger partial charge in [0.2, 0.25) is 15.9 Å². The summed E-state index contributed by atoms with van der Waals surface area (Å²) in [6.45, 7) is 0.655. The van der Waals surface area contributed by atoms with Crippen molar-refractivity contribution in [2.75, 3.05) is 28.5 Å². The first-order valence-corrected chi connectivity index (χ1v) is 10.4. The number of anilines is 2. The van der Waals surface area contributed by atoms with Gasteiger partial charge in [0.1, 0.15) is 5.75 Å². The third-order valence-electron chi connectivity index (χ3n) is 4.25. The van der Waals surface area contributed by atoms with Gasteiger partial charge in [0.25, 0.3) is 5.91 Å². The molecule has 1 fully saturated rings. The van der Waals surface area contributed by atoms with Crippen LogP contribution in [0.4, 0.5) is 11.4 Å². The number of primary amides is 1. The van der Waals surface area contributed by atoms with Crippen LogP contribution in [0.25, 0.3) is 0 Å². The summed E-state index contributed by atoms with van der Waals surface area (Å²) in [5.41, 5.74) is 6.61. The summed E-state index contributed by atoms with van der Waals surface area (Å²) in [6, 6.07) is 13.2. The first-order valence-electron chi connectivity index (χ1n) is 8.78. The largest absolute Gasteiger partial charge is 0.493 e. The molecule has 9 heteroatoms. The van der Waals surface area contributed by atoms with Gasteiger partial charge in [0.15, 0.2) is 0 Å². The average molecular weight is 403 g/mol. The Balaban J connectivity index is 1.59. The number of benzene rings is 2. The van der Waals surface area contributed by atoms with E-state index in [1.165, 1.54) is 4.31 Å². The van der Waals surface area contributed by atoms with Gasteiger partial charge in [-0.2, -0.15) is 0 Å². The topological polar surface area (TPSA) is 119 Å². The first kappa shape index (κ1) is 19.7. The lowest BCUT2D eigenvalue weighted by Crippen LogP contribution is -2.25. The Labute approximate surface area is 163 Å². The highest BCUT2D eigenvalue weighted by Crippen LogP contribution is 2.24. The van der Waals surface area contributed by atoms with Crippen LogP contribution in [0.5, 0.6) is 5.75 Å². The van der Waals surface area contributed by atoms with Crippen LogP contribution in [0.15, 0.2) is 48.5 Å². The molecule has 28 heavy (non-hydrogen) atoms. The van der Waals surface area contributed by atoms with Gasteiger partial charge in [-0.25, -0.2) is 8.42 Å². The normalized spacial score (nSPS) is 15.2. The lowest BCUT2D eigenvalue weighted by Gasteiger charge is -2.17. The SMILES string of the molecule is NC(=O)CCOc1ccc(NC(=O)c2ccc(N3CCCS3(=O)=O)cc2)cc1.